The minimum Gasteiger partial charge on any atom is -0.351 e. The van der Waals surface area contributed by atoms with Gasteiger partial charge in [0.05, 0.1) is 0 Å². The van der Waals surface area contributed by atoms with Crippen molar-refractivity contribution in [1.82, 2.24) is 5.32 Å². The average molecular weight is 240 g/mol. The van der Waals surface area contributed by atoms with Gasteiger partial charge in [0.15, 0.2) is 0 Å². The lowest BCUT2D eigenvalue weighted by atomic mass is 9.84. The molecule has 0 fully saturated rings. The Hall–Kier alpha value is -1.02. The third kappa shape index (κ3) is 3.53. The molecule has 1 aromatic carbocycles. The Morgan fingerprint density at radius 1 is 1.31 bits per heavy atom. The van der Waals surface area contributed by atoms with Crippen LogP contribution in [0.5, 0.6) is 0 Å². The van der Waals surface area contributed by atoms with Gasteiger partial charge in [0.2, 0.25) is 5.91 Å². The third-order valence-corrected chi connectivity index (χ3v) is 2.67. The van der Waals surface area contributed by atoms with Crippen molar-refractivity contribution in [2.45, 2.75) is 32.7 Å². The van der Waals surface area contributed by atoms with E-state index in [9.17, 15) is 4.79 Å². The van der Waals surface area contributed by atoms with Gasteiger partial charge < -0.3 is 5.32 Å². The van der Waals surface area contributed by atoms with Crippen LogP contribution < -0.4 is 5.32 Å². The van der Waals surface area contributed by atoms with Gasteiger partial charge >= 0.3 is 0 Å². The highest BCUT2D eigenvalue weighted by molar-refractivity contribution is 6.27. The Kier molecular flexibility index (Phi) is 4.36. The Morgan fingerprint density at radius 2 is 1.94 bits per heavy atom. The standard InChI is InChI=1S/C13H18ClNO/c1-13(2,3)11-7-5-4-6-10(11)9-15-12(16)8-14/h4-7H,8-9H2,1-3H3,(H,15,16). The van der Waals surface area contributed by atoms with Gasteiger partial charge in [0, 0.05) is 6.54 Å². The van der Waals surface area contributed by atoms with Crippen LogP contribution in [0.1, 0.15) is 31.9 Å². The molecule has 2 nitrogen and oxygen atoms in total. The molecule has 0 saturated heterocycles. The van der Waals surface area contributed by atoms with Crippen LogP contribution >= 0.6 is 11.6 Å². The predicted octanol–water partition coefficient (Wildman–Crippen LogP) is 2.84. The van der Waals surface area contributed by atoms with Gasteiger partial charge in [-0.1, -0.05) is 45.0 Å². The Labute approximate surface area is 102 Å². The van der Waals surface area contributed by atoms with Crippen molar-refractivity contribution in [2.24, 2.45) is 0 Å². The van der Waals surface area contributed by atoms with Crippen LogP contribution in [0.15, 0.2) is 24.3 Å². The van der Waals surface area contributed by atoms with E-state index in [-0.39, 0.29) is 17.2 Å². The fraction of sp³-hybridized carbons (Fsp3) is 0.462. The molecule has 1 amide bonds. The van der Waals surface area contributed by atoms with E-state index < -0.39 is 0 Å². The van der Waals surface area contributed by atoms with Crippen LogP contribution in [0.3, 0.4) is 0 Å². The first-order chi connectivity index (χ1) is 7.45. The number of carbonyl (C=O) groups excluding carboxylic acids is 1. The van der Waals surface area contributed by atoms with Crippen molar-refractivity contribution < 1.29 is 4.79 Å². The summed E-state index contributed by atoms with van der Waals surface area (Å²) in [5.74, 6) is -0.122. The predicted molar refractivity (Wildman–Crippen MR) is 67.7 cm³/mol. The Balaban J connectivity index is 2.84. The summed E-state index contributed by atoms with van der Waals surface area (Å²) in [6.07, 6.45) is 0. The monoisotopic (exact) mass is 239 g/mol. The smallest absolute Gasteiger partial charge is 0.235 e. The highest BCUT2D eigenvalue weighted by Crippen LogP contribution is 2.25. The maximum atomic E-state index is 11.1. The van der Waals surface area contributed by atoms with Crippen molar-refractivity contribution in [3.8, 4) is 0 Å². The summed E-state index contributed by atoms with van der Waals surface area (Å²) < 4.78 is 0. The van der Waals surface area contributed by atoms with Crippen molar-refractivity contribution in [2.75, 3.05) is 5.88 Å². The van der Waals surface area contributed by atoms with E-state index in [1.54, 1.807) is 0 Å². The molecule has 0 saturated carbocycles. The summed E-state index contributed by atoms with van der Waals surface area (Å²) >= 11 is 5.44. The van der Waals surface area contributed by atoms with E-state index in [0.717, 1.165) is 5.56 Å². The first-order valence-electron chi connectivity index (χ1n) is 5.36. The molecule has 3 heteroatoms. The number of halogens is 1. The van der Waals surface area contributed by atoms with Crippen LogP contribution in [-0.2, 0) is 16.8 Å². The Bertz CT molecular complexity index is 368. The van der Waals surface area contributed by atoms with Crippen molar-refractivity contribution in [3.63, 3.8) is 0 Å². The maximum absolute atomic E-state index is 11.1. The SMILES string of the molecule is CC(C)(C)c1ccccc1CNC(=O)CCl. The van der Waals surface area contributed by atoms with Crippen molar-refractivity contribution >= 4 is 17.5 Å². The van der Waals surface area contributed by atoms with Gasteiger partial charge in [-0.25, -0.2) is 0 Å². The first-order valence-corrected chi connectivity index (χ1v) is 5.89. The van der Waals surface area contributed by atoms with Crippen molar-refractivity contribution in [3.05, 3.63) is 35.4 Å². The topological polar surface area (TPSA) is 29.1 Å². The van der Waals surface area contributed by atoms with E-state index in [0.29, 0.717) is 6.54 Å². The van der Waals surface area contributed by atoms with Crippen LogP contribution in [0.2, 0.25) is 0 Å². The fourth-order valence-corrected chi connectivity index (χ4v) is 1.74. The summed E-state index contributed by atoms with van der Waals surface area (Å²) in [5.41, 5.74) is 2.49. The molecule has 0 aliphatic carbocycles. The van der Waals surface area contributed by atoms with Gasteiger partial charge in [0.25, 0.3) is 0 Å². The highest BCUT2D eigenvalue weighted by atomic mass is 35.5. The molecule has 0 atom stereocenters. The maximum Gasteiger partial charge on any atom is 0.235 e. The number of rotatable bonds is 3. The summed E-state index contributed by atoms with van der Waals surface area (Å²) in [7, 11) is 0. The zero-order chi connectivity index (χ0) is 12.2. The van der Waals surface area contributed by atoms with Gasteiger partial charge in [-0.05, 0) is 16.5 Å². The first kappa shape index (κ1) is 13.0. The number of nitrogens with one attached hydrogen (secondary N) is 1. The molecule has 1 rings (SSSR count). The normalized spacial score (nSPS) is 11.2. The lowest BCUT2D eigenvalue weighted by Gasteiger charge is -2.23. The molecule has 0 spiro atoms. The second-order valence-electron chi connectivity index (χ2n) is 4.82. The molecule has 0 bridgehead atoms. The number of alkyl halides is 1. The van der Waals surface area contributed by atoms with Crippen LogP contribution in [0, 0.1) is 0 Å². The summed E-state index contributed by atoms with van der Waals surface area (Å²) in [4.78, 5) is 11.1. The summed E-state index contributed by atoms with van der Waals surface area (Å²) in [6, 6.07) is 8.14. The molecule has 88 valence electrons. The third-order valence-electron chi connectivity index (χ3n) is 2.42. The van der Waals surface area contributed by atoms with E-state index in [1.165, 1.54) is 5.56 Å². The van der Waals surface area contributed by atoms with Gasteiger partial charge in [0.1, 0.15) is 5.88 Å². The van der Waals surface area contributed by atoms with Crippen LogP contribution in [0.25, 0.3) is 0 Å². The van der Waals surface area contributed by atoms with E-state index in [2.05, 4.69) is 32.2 Å². The molecule has 1 N–H and O–H groups in total. The molecular weight excluding hydrogens is 222 g/mol. The quantitative estimate of drug-likeness (QED) is 0.808. The molecule has 1 aromatic rings. The molecule has 0 aromatic heterocycles. The number of benzene rings is 1. The van der Waals surface area contributed by atoms with Gasteiger partial charge in [-0.3, -0.25) is 4.79 Å². The van der Waals surface area contributed by atoms with Crippen LogP contribution in [-0.4, -0.2) is 11.8 Å². The zero-order valence-electron chi connectivity index (χ0n) is 10.0. The molecule has 16 heavy (non-hydrogen) atoms. The number of amides is 1. The lowest BCUT2D eigenvalue weighted by Crippen LogP contribution is -2.25. The second-order valence-corrected chi connectivity index (χ2v) is 5.08. The fourth-order valence-electron chi connectivity index (χ4n) is 1.65. The van der Waals surface area contributed by atoms with E-state index in [4.69, 9.17) is 11.6 Å². The van der Waals surface area contributed by atoms with E-state index >= 15 is 0 Å². The molecule has 0 aliphatic rings. The van der Waals surface area contributed by atoms with Gasteiger partial charge in [-0.15, -0.1) is 11.6 Å². The lowest BCUT2D eigenvalue weighted by molar-refractivity contribution is -0.118. The van der Waals surface area contributed by atoms with E-state index in [1.807, 2.05) is 18.2 Å². The van der Waals surface area contributed by atoms with Gasteiger partial charge in [-0.2, -0.15) is 0 Å². The molecular formula is C13H18ClNO. The Morgan fingerprint density at radius 3 is 2.50 bits per heavy atom. The summed E-state index contributed by atoms with van der Waals surface area (Å²) in [6.45, 7) is 7.03. The summed E-state index contributed by atoms with van der Waals surface area (Å²) in [5, 5.41) is 2.79. The van der Waals surface area contributed by atoms with Crippen molar-refractivity contribution in [1.29, 1.82) is 0 Å². The molecule has 0 aliphatic heterocycles. The number of hydrogen-bond donors (Lipinski definition) is 1. The number of carbonyl (C=O) groups is 1. The molecule has 0 heterocycles. The highest BCUT2D eigenvalue weighted by Gasteiger charge is 2.17. The minimum absolute atomic E-state index is 0.0116. The second kappa shape index (κ2) is 5.35. The average Bonchev–Trinajstić information content (AvgIpc) is 2.25. The molecule has 0 radical (unpaired) electrons. The zero-order valence-corrected chi connectivity index (χ0v) is 10.8. The minimum atomic E-state index is -0.134. The largest absolute Gasteiger partial charge is 0.351 e. The van der Waals surface area contributed by atoms with Crippen LogP contribution in [0.4, 0.5) is 0 Å². The number of hydrogen-bond acceptors (Lipinski definition) is 1. The molecule has 0 unspecified atom stereocenters.